The highest BCUT2D eigenvalue weighted by molar-refractivity contribution is 9.10. The topological polar surface area (TPSA) is 17.1 Å². The first-order valence-corrected chi connectivity index (χ1v) is 3.92. The lowest BCUT2D eigenvalue weighted by molar-refractivity contribution is 0.112. The van der Waals surface area contributed by atoms with Crippen LogP contribution in [-0.2, 0) is 0 Å². The molecule has 0 N–H and O–H groups in total. The van der Waals surface area contributed by atoms with Gasteiger partial charge in [-0.05, 0) is 18.2 Å². The molecular formula is C7H5BrOS. The van der Waals surface area contributed by atoms with E-state index in [4.69, 9.17) is 0 Å². The Kier molecular flexibility index (Phi) is 2.51. The van der Waals surface area contributed by atoms with E-state index in [0.29, 0.717) is 5.56 Å². The lowest BCUT2D eigenvalue weighted by Gasteiger charge is -1.95. The fraction of sp³-hybridized carbons (Fsp3) is 0. The minimum absolute atomic E-state index is 0.632. The van der Waals surface area contributed by atoms with E-state index in [1.165, 1.54) is 0 Å². The Morgan fingerprint density at radius 1 is 1.50 bits per heavy atom. The number of aldehydes is 1. The van der Waals surface area contributed by atoms with Gasteiger partial charge in [-0.3, -0.25) is 4.79 Å². The molecule has 1 aromatic rings. The number of hydrogen-bond acceptors (Lipinski definition) is 2. The summed E-state index contributed by atoms with van der Waals surface area (Å²) in [7, 11) is 0. The Balaban J connectivity index is 3.21. The molecule has 10 heavy (non-hydrogen) atoms. The number of hydrogen-bond donors (Lipinski definition) is 1. The summed E-state index contributed by atoms with van der Waals surface area (Å²) < 4.78 is 0.806. The van der Waals surface area contributed by atoms with Gasteiger partial charge in [-0.2, -0.15) is 0 Å². The van der Waals surface area contributed by atoms with E-state index in [9.17, 15) is 4.79 Å². The molecule has 52 valence electrons. The molecule has 1 aromatic carbocycles. The van der Waals surface area contributed by atoms with Crippen molar-refractivity contribution < 1.29 is 4.79 Å². The van der Waals surface area contributed by atoms with Crippen molar-refractivity contribution in [1.82, 2.24) is 0 Å². The lowest BCUT2D eigenvalue weighted by atomic mass is 10.2. The number of carbonyl (C=O) groups is 1. The van der Waals surface area contributed by atoms with E-state index in [2.05, 4.69) is 28.6 Å². The second kappa shape index (κ2) is 3.21. The fourth-order valence-electron chi connectivity index (χ4n) is 0.621. The molecule has 1 nitrogen and oxygen atoms in total. The van der Waals surface area contributed by atoms with Gasteiger partial charge in [0.15, 0.2) is 6.29 Å². The molecule has 0 aromatic heterocycles. The van der Waals surface area contributed by atoms with Gasteiger partial charge in [-0.1, -0.05) is 15.9 Å². The van der Waals surface area contributed by atoms with Crippen LogP contribution in [0.5, 0.6) is 0 Å². The van der Waals surface area contributed by atoms with Crippen LogP contribution in [0.3, 0.4) is 0 Å². The Morgan fingerprint density at radius 3 is 2.70 bits per heavy atom. The third-order valence-corrected chi connectivity index (χ3v) is 2.11. The van der Waals surface area contributed by atoms with Crippen LogP contribution in [0, 0.1) is 0 Å². The highest BCUT2D eigenvalue weighted by Gasteiger charge is 1.96. The third kappa shape index (κ3) is 1.61. The predicted octanol–water partition coefficient (Wildman–Crippen LogP) is 2.55. The fourth-order valence-corrected chi connectivity index (χ4v) is 1.18. The number of thiol groups is 1. The van der Waals surface area contributed by atoms with Gasteiger partial charge in [0, 0.05) is 14.9 Å². The van der Waals surface area contributed by atoms with E-state index >= 15 is 0 Å². The summed E-state index contributed by atoms with van der Waals surface area (Å²) in [6, 6.07) is 5.33. The molecule has 0 atom stereocenters. The Bertz CT molecular complexity index is 260. The molecule has 0 fully saturated rings. The molecule has 0 bridgehead atoms. The predicted molar refractivity (Wildman–Crippen MR) is 46.8 cm³/mol. The summed E-state index contributed by atoms with van der Waals surface area (Å²) >= 11 is 7.30. The van der Waals surface area contributed by atoms with Crippen LogP contribution >= 0.6 is 28.6 Å². The largest absolute Gasteiger partial charge is 0.298 e. The van der Waals surface area contributed by atoms with Crippen LogP contribution in [0.2, 0.25) is 0 Å². The highest BCUT2D eigenvalue weighted by Crippen LogP contribution is 2.17. The van der Waals surface area contributed by atoms with Crippen molar-refractivity contribution in [1.29, 1.82) is 0 Å². The van der Waals surface area contributed by atoms with Crippen LogP contribution in [0.25, 0.3) is 0 Å². The molecule has 0 saturated heterocycles. The van der Waals surface area contributed by atoms with Crippen molar-refractivity contribution >= 4 is 34.8 Å². The van der Waals surface area contributed by atoms with Gasteiger partial charge in [0.05, 0.1) is 0 Å². The Labute approximate surface area is 73.0 Å². The Morgan fingerprint density at radius 2 is 2.20 bits per heavy atom. The van der Waals surface area contributed by atoms with Gasteiger partial charge in [0.2, 0.25) is 0 Å². The second-order valence-electron chi connectivity index (χ2n) is 1.82. The maximum Gasteiger partial charge on any atom is 0.151 e. The van der Waals surface area contributed by atoms with E-state index in [0.717, 1.165) is 15.7 Å². The SMILES string of the molecule is O=Cc1cc(S)ccc1Br. The van der Waals surface area contributed by atoms with Crippen LogP contribution in [-0.4, -0.2) is 6.29 Å². The second-order valence-corrected chi connectivity index (χ2v) is 3.19. The van der Waals surface area contributed by atoms with E-state index < -0.39 is 0 Å². The average Bonchev–Trinajstić information content (AvgIpc) is 1.94. The smallest absolute Gasteiger partial charge is 0.151 e. The summed E-state index contributed by atoms with van der Waals surface area (Å²) in [5.41, 5.74) is 0.632. The third-order valence-electron chi connectivity index (χ3n) is 1.11. The summed E-state index contributed by atoms with van der Waals surface area (Å²) in [4.78, 5) is 11.1. The Hall–Kier alpha value is -0.280. The van der Waals surface area contributed by atoms with Crippen molar-refractivity contribution in [2.24, 2.45) is 0 Å². The molecule has 0 aliphatic rings. The molecule has 0 spiro atoms. The van der Waals surface area contributed by atoms with Crippen LogP contribution in [0.4, 0.5) is 0 Å². The summed E-state index contributed by atoms with van der Waals surface area (Å²) in [5, 5.41) is 0. The number of rotatable bonds is 1. The monoisotopic (exact) mass is 216 g/mol. The molecule has 3 heteroatoms. The van der Waals surface area contributed by atoms with E-state index in [-0.39, 0.29) is 0 Å². The van der Waals surface area contributed by atoms with Gasteiger partial charge < -0.3 is 0 Å². The first-order valence-electron chi connectivity index (χ1n) is 2.68. The minimum atomic E-state index is 0.632. The van der Waals surface area contributed by atoms with Crippen molar-refractivity contribution in [3.63, 3.8) is 0 Å². The lowest BCUT2D eigenvalue weighted by Crippen LogP contribution is -1.80. The van der Waals surface area contributed by atoms with Crippen molar-refractivity contribution in [2.45, 2.75) is 4.90 Å². The van der Waals surface area contributed by atoms with Crippen molar-refractivity contribution in [3.05, 3.63) is 28.2 Å². The molecule has 0 aliphatic carbocycles. The normalized spacial score (nSPS) is 9.40. The molecular weight excluding hydrogens is 212 g/mol. The highest BCUT2D eigenvalue weighted by atomic mass is 79.9. The first-order chi connectivity index (χ1) is 4.74. The zero-order chi connectivity index (χ0) is 7.56. The van der Waals surface area contributed by atoms with Gasteiger partial charge in [0.25, 0.3) is 0 Å². The van der Waals surface area contributed by atoms with Gasteiger partial charge >= 0.3 is 0 Å². The minimum Gasteiger partial charge on any atom is -0.298 e. The maximum atomic E-state index is 10.3. The molecule has 0 heterocycles. The molecule has 1 rings (SSSR count). The van der Waals surface area contributed by atoms with Crippen LogP contribution in [0.1, 0.15) is 10.4 Å². The molecule has 0 saturated carbocycles. The van der Waals surface area contributed by atoms with Gasteiger partial charge in [0.1, 0.15) is 0 Å². The number of benzene rings is 1. The zero-order valence-corrected chi connectivity index (χ0v) is 7.52. The quantitative estimate of drug-likeness (QED) is 0.565. The van der Waals surface area contributed by atoms with Crippen molar-refractivity contribution in [3.8, 4) is 0 Å². The standard InChI is InChI=1S/C7H5BrOS/c8-7-2-1-6(10)3-5(7)4-9/h1-4,10H. The zero-order valence-electron chi connectivity index (χ0n) is 5.04. The van der Waals surface area contributed by atoms with E-state index in [1.807, 2.05) is 6.07 Å². The molecule has 0 radical (unpaired) electrons. The molecule has 0 aliphatic heterocycles. The van der Waals surface area contributed by atoms with Gasteiger partial charge in [-0.15, -0.1) is 12.6 Å². The molecule has 0 amide bonds. The van der Waals surface area contributed by atoms with Crippen LogP contribution < -0.4 is 0 Å². The van der Waals surface area contributed by atoms with Crippen molar-refractivity contribution in [2.75, 3.05) is 0 Å². The maximum absolute atomic E-state index is 10.3. The van der Waals surface area contributed by atoms with E-state index in [1.54, 1.807) is 12.1 Å². The van der Waals surface area contributed by atoms with Gasteiger partial charge in [-0.25, -0.2) is 0 Å². The average molecular weight is 217 g/mol. The summed E-state index contributed by atoms with van der Waals surface area (Å²) in [6.45, 7) is 0. The number of halogens is 1. The number of carbonyl (C=O) groups excluding carboxylic acids is 1. The first kappa shape index (κ1) is 7.82. The summed E-state index contributed by atoms with van der Waals surface area (Å²) in [5.74, 6) is 0. The van der Waals surface area contributed by atoms with Crippen LogP contribution in [0.15, 0.2) is 27.6 Å². The summed E-state index contributed by atoms with van der Waals surface area (Å²) in [6.07, 6.45) is 0.795. The molecule has 0 unspecified atom stereocenters.